The van der Waals surface area contributed by atoms with Crippen molar-refractivity contribution in [2.75, 3.05) is 11.9 Å². The first kappa shape index (κ1) is 16.0. The summed E-state index contributed by atoms with van der Waals surface area (Å²) >= 11 is 0. The molecular formula is C15H23ClN2O. The first-order valence-corrected chi connectivity index (χ1v) is 6.71. The summed E-state index contributed by atoms with van der Waals surface area (Å²) in [6.45, 7) is 8.06. The van der Waals surface area contributed by atoms with E-state index in [1.54, 1.807) is 0 Å². The van der Waals surface area contributed by atoms with Gasteiger partial charge in [-0.2, -0.15) is 0 Å². The van der Waals surface area contributed by atoms with Gasteiger partial charge in [-0.15, -0.1) is 12.4 Å². The molecular weight excluding hydrogens is 260 g/mol. The molecule has 1 unspecified atom stereocenters. The molecule has 0 radical (unpaired) electrons. The molecule has 0 saturated carbocycles. The highest BCUT2D eigenvalue weighted by Crippen LogP contribution is 2.20. The second-order valence-electron chi connectivity index (χ2n) is 5.43. The summed E-state index contributed by atoms with van der Waals surface area (Å²) in [5.74, 6) is 0.511. The van der Waals surface area contributed by atoms with E-state index in [1.807, 2.05) is 13.0 Å². The van der Waals surface area contributed by atoms with Crippen LogP contribution in [0.4, 0.5) is 5.69 Å². The quantitative estimate of drug-likeness (QED) is 0.895. The van der Waals surface area contributed by atoms with Gasteiger partial charge in [0, 0.05) is 18.2 Å². The Bertz CT molecular complexity index is 446. The second-order valence-corrected chi connectivity index (χ2v) is 5.43. The van der Waals surface area contributed by atoms with E-state index in [1.165, 1.54) is 11.1 Å². The third-order valence-electron chi connectivity index (χ3n) is 3.77. The lowest BCUT2D eigenvalue weighted by molar-refractivity contribution is -0.120. The van der Waals surface area contributed by atoms with Crippen LogP contribution in [0.25, 0.3) is 0 Å². The number of carbonyl (C=O) groups is 1. The smallest absolute Gasteiger partial charge is 0.227 e. The van der Waals surface area contributed by atoms with Gasteiger partial charge in [-0.25, -0.2) is 0 Å². The zero-order chi connectivity index (χ0) is 13.1. The SMILES string of the molecule is CC(C)C(C)C(=O)Nc1ccc2c(c1)CNCC2.Cl. The lowest BCUT2D eigenvalue weighted by Crippen LogP contribution is -2.26. The zero-order valence-corrected chi connectivity index (χ0v) is 12.6. The van der Waals surface area contributed by atoms with E-state index in [0.717, 1.165) is 25.2 Å². The van der Waals surface area contributed by atoms with Crippen molar-refractivity contribution in [3.05, 3.63) is 29.3 Å². The van der Waals surface area contributed by atoms with Crippen LogP contribution in [-0.2, 0) is 17.8 Å². The molecule has 0 bridgehead atoms. The van der Waals surface area contributed by atoms with Crippen LogP contribution in [-0.4, -0.2) is 12.5 Å². The Labute approximate surface area is 121 Å². The highest BCUT2D eigenvalue weighted by atomic mass is 35.5. The summed E-state index contributed by atoms with van der Waals surface area (Å²) in [6.07, 6.45) is 1.08. The van der Waals surface area contributed by atoms with E-state index >= 15 is 0 Å². The maximum atomic E-state index is 12.0. The highest BCUT2D eigenvalue weighted by Gasteiger charge is 2.17. The topological polar surface area (TPSA) is 41.1 Å². The number of benzene rings is 1. The summed E-state index contributed by atoms with van der Waals surface area (Å²) in [4.78, 5) is 12.0. The van der Waals surface area contributed by atoms with Crippen molar-refractivity contribution in [2.24, 2.45) is 11.8 Å². The zero-order valence-electron chi connectivity index (χ0n) is 11.8. The average Bonchev–Trinajstić information content (AvgIpc) is 2.37. The van der Waals surface area contributed by atoms with Crippen molar-refractivity contribution in [3.63, 3.8) is 0 Å². The van der Waals surface area contributed by atoms with Crippen LogP contribution in [0, 0.1) is 11.8 Å². The van der Waals surface area contributed by atoms with Crippen molar-refractivity contribution in [1.82, 2.24) is 5.32 Å². The number of amides is 1. The van der Waals surface area contributed by atoms with E-state index in [-0.39, 0.29) is 24.2 Å². The van der Waals surface area contributed by atoms with Gasteiger partial charge < -0.3 is 10.6 Å². The van der Waals surface area contributed by atoms with Gasteiger partial charge >= 0.3 is 0 Å². The standard InChI is InChI=1S/C15H22N2O.ClH/c1-10(2)11(3)15(18)17-14-5-4-12-6-7-16-9-13(12)8-14;/h4-5,8,10-11,16H,6-7,9H2,1-3H3,(H,17,18);1H. The Hall–Kier alpha value is -1.06. The number of carbonyl (C=O) groups excluding carboxylic acids is 1. The van der Waals surface area contributed by atoms with Crippen molar-refractivity contribution in [1.29, 1.82) is 0 Å². The molecule has 0 fully saturated rings. The molecule has 3 nitrogen and oxygen atoms in total. The number of hydrogen-bond donors (Lipinski definition) is 2. The summed E-state index contributed by atoms with van der Waals surface area (Å²) < 4.78 is 0. The lowest BCUT2D eigenvalue weighted by Gasteiger charge is -2.19. The van der Waals surface area contributed by atoms with Crippen molar-refractivity contribution < 1.29 is 4.79 Å². The van der Waals surface area contributed by atoms with Crippen LogP contribution in [0.3, 0.4) is 0 Å². The molecule has 106 valence electrons. The van der Waals surface area contributed by atoms with Crippen LogP contribution in [0.2, 0.25) is 0 Å². The fraction of sp³-hybridized carbons (Fsp3) is 0.533. The first-order valence-electron chi connectivity index (χ1n) is 6.71. The van der Waals surface area contributed by atoms with Crippen molar-refractivity contribution in [3.8, 4) is 0 Å². The van der Waals surface area contributed by atoms with Crippen LogP contribution >= 0.6 is 12.4 Å². The van der Waals surface area contributed by atoms with Gasteiger partial charge in [0.15, 0.2) is 0 Å². The predicted octanol–water partition coefficient (Wildman–Crippen LogP) is 2.98. The fourth-order valence-corrected chi connectivity index (χ4v) is 2.12. The number of nitrogens with one attached hydrogen (secondary N) is 2. The molecule has 1 heterocycles. The van der Waals surface area contributed by atoms with Gasteiger partial charge in [0.05, 0.1) is 0 Å². The van der Waals surface area contributed by atoms with E-state index in [4.69, 9.17) is 0 Å². The minimum atomic E-state index is 0. The Morgan fingerprint density at radius 2 is 2.00 bits per heavy atom. The summed E-state index contributed by atoms with van der Waals surface area (Å²) in [5.41, 5.74) is 3.61. The Morgan fingerprint density at radius 1 is 1.26 bits per heavy atom. The molecule has 4 heteroatoms. The van der Waals surface area contributed by atoms with Crippen LogP contribution in [0.5, 0.6) is 0 Å². The number of rotatable bonds is 3. The van der Waals surface area contributed by atoms with Gasteiger partial charge in [0.25, 0.3) is 0 Å². The molecule has 19 heavy (non-hydrogen) atoms. The highest BCUT2D eigenvalue weighted by molar-refractivity contribution is 5.92. The van der Waals surface area contributed by atoms with Gasteiger partial charge in [-0.05, 0) is 42.1 Å². The van der Waals surface area contributed by atoms with Crippen molar-refractivity contribution in [2.45, 2.75) is 33.7 Å². The summed E-state index contributed by atoms with van der Waals surface area (Å²) in [7, 11) is 0. The third-order valence-corrected chi connectivity index (χ3v) is 3.77. The normalized spacial score (nSPS) is 15.4. The molecule has 0 spiro atoms. The molecule has 1 aliphatic heterocycles. The van der Waals surface area contributed by atoms with Gasteiger partial charge in [0.2, 0.25) is 5.91 Å². The van der Waals surface area contributed by atoms with Crippen molar-refractivity contribution >= 4 is 24.0 Å². The third kappa shape index (κ3) is 3.95. The lowest BCUT2D eigenvalue weighted by atomic mass is 9.96. The molecule has 0 aliphatic carbocycles. The largest absolute Gasteiger partial charge is 0.326 e. The van der Waals surface area contributed by atoms with E-state index in [9.17, 15) is 4.79 Å². The maximum absolute atomic E-state index is 12.0. The van der Waals surface area contributed by atoms with E-state index < -0.39 is 0 Å². The molecule has 0 aromatic heterocycles. The number of hydrogen-bond acceptors (Lipinski definition) is 2. The molecule has 0 saturated heterocycles. The van der Waals surface area contributed by atoms with Gasteiger partial charge in [-0.1, -0.05) is 26.8 Å². The van der Waals surface area contributed by atoms with Crippen LogP contribution in [0.1, 0.15) is 31.9 Å². The maximum Gasteiger partial charge on any atom is 0.227 e. The second kappa shape index (κ2) is 6.92. The molecule has 2 rings (SSSR count). The minimum absolute atomic E-state index is 0. The van der Waals surface area contributed by atoms with Crippen LogP contribution < -0.4 is 10.6 Å². The molecule has 1 atom stereocenters. The number of anilines is 1. The first-order chi connectivity index (χ1) is 8.58. The van der Waals surface area contributed by atoms with Crippen LogP contribution in [0.15, 0.2) is 18.2 Å². The minimum Gasteiger partial charge on any atom is -0.326 e. The molecule has 1 amide bonds. The van der Waals surface area contributed by atoms with E-state index in [0.29, 0.717) is 5.92 Å². The fourth-order valence-electron chi connectivity index (χ4n) is 2.12. The van der Waals surface area contributed by atoms with Gasteiger partial charge in [0.1, 0.15) is 0 Å². The Morgan fingerprint density at radius 3 is 2.68 bits per heavy atom. The molecule has 1 aliphatic rings. The Kier molecular flexibility index (Phi) is 5.83. The van der Waals surface area contributed by atoms with E-state index in [2.05, 4.69) is 36.6 Å². The monoisotopic (exact) mass is 282 g/mol. The van der Waals surface area contributed by atoms with Gasteiger partial charge in [-0.3, -0.25) is 4.79 Å². The number of halogens is 1. The average molecular weight is 283 g/mol. The Balaban J connectivity index is 0.00000180. The molecule has 1 aromatic rings. The predicted molar refractivity (Wildman–Crippen MR) is 81.7 cm³/mol. The summed E-state index contributed by atoms with van der Waals surface area (Å²) in [5, 5.41) is 6.36. The molecule has 1 aromatic carbocycles. The number of fused-ring (bicyclic) bond motifs is 1. The summed E-state index contributed by atoms with van der Waals surface area (Å²) in [6, 6.07) is 6.23. The molecule has 2 N–H and O–H groups in total.